The van der Waals surface area contributed by atoms with Gasteiger partial charge in [-0.3, -0.25) is 9.10 Å². The SMILES string of the molecule is CCOc1ccccc1N(CC(=O)N/N=C\c1ccc(OC(=O)c2ccccc2)cc1)S(=O)(=O)c1ccc(C)cc1. The number of carbonyl (C=O) groups excluding carboxylic acids is 2. The van der Waals surface area contributed by atoms with E-state index in [-0.39, 0.29) is 10.6 Å². The molecule has 9 nitrogen and oxygen atoms in total. The predicted molar refractivity (Wildman–Crippen MR) is 157 cm³/mol. The highest BCUT2D eigenvalue weighted by Gasteiger charge is 2.29. The van der Waals surface area contributed by atoms with Crippen LogP contribution in [0.25, 0.3) is 0 Å². The van der Waals surface area contributed by atoms with Gasteiger partial charge in [0.1, 0.15) is 18.0 Å². The van der Waals surface area contributed by atoms with E-state index in [1.165, 1.54) is 18.3 Å². The number of hydrogen-bond acceptors (Lipinski definition) is 7. The third-order valence-electron chi connectivity index (χ3n) is 5.83. The maximum Gasteiger partial charge on any atom is 0.343 e. The molecule has 0 aliphatic rings. The van der Waals surface area contributed by atoms with Gasteiger partial charge >= 0.3 is 5.97 Å². The van der Waals surface area contributed by atoms with E-state index >= 15 is 0 Å². The van der Waals surface area contributed by atoms with Crippen molar-refractivity contribution in [3.8, 4) is 11.5 Å². The lowest BCUT2D eigenvalue weighted by molar-refractivity contribution is -0.119. The van der Waals surface area contributed by atoms with Crippen LogP contribution in [0.5, 0.6) is 11.5 Å². The summed E-state index contributed by atoms with van der Waals surface area (Å²) in [5.41, 5.74) is 4.57. The van der Waals surface area contributed by atoms with Gasteiger partial charge in [-0.2, -0.15) is 5.10 Å². The molecule has 10 heteroatoms. The summed E-state index contributed by atoms with van der Waals surface area (Å²) in [6.07, 6.45) is 1.40. The van der Waals surface area contributed by atoms with Gasteiger partial charge in [-0.1, -0.05) is 48.0 Å². The van der Waals surface area contributed by atoms with Crippen molar-refractivity contribution in [2.24, 2.45) is 5.10 Å². The zero-order valence-corrected chi connectivity index (χ0v) is 23.4. The van der Waals surface area contributed by atoms with E-state index in [0.717, 1.165) is 9.87 Å². The van der Waals surface area contributed by atoms with Crippen LogP contribution >= 0.6 is 0 Å². The first-order valence-electron chi connectivity index (χ1n) is 12.8. The lowest BCUT2D eigenvalue weighted by atomic mass is 10.2. The molecule has 0 fully saturated rings. The molecular weight excluding hydrogens is 542 g/mol. The highest BCUT2D eigenvalue weighted by Crippen LogP contribution is 2.32. The number of benzene rings is 4. The van der Waals surface area contributed by atoms with Gasteiger partial charge in [0.2, 0.25) is 0 Å². The molecule has 0 saturated heterocycles. The van der Waals surface area contributed by atoms with Crippen LogP contribution in [-0.4, -0.2) is 39.7 Å². The number of hydrazone groups is 1. The molecule has 0 bridgehead atoms. The Kier molecular flexibility index (Phi) is 9.49. The number of para-hydroxylation sites is 2. The standard InChI is InChI=1S/C31H29N3O6S/c1-3-39-29-12-8-7-11-28(29)34(41(37,38)27-19-13-23(2)14-20-27)22-30(35)33-32-21-24-15-17-26(18-16-24)40-31(36)25-9-5-4-6-10-25/h4-21H,3,22H2,1-2H3,(H,33,35)/b32-21-. The van der Waals surface area contributed by atoms with E-state index < -0.39 is 28.4 Å². The summed E-state index contributed by atoms with van der Waals surface area (Å²) >= 11 is 0. The summed E-state index contributed by atoms with van der Waals surface area (Å²) < 4.78 is 39.3. The number of esters is 1. The Bertz CT molecular complexity index is 1620. The minimum atomic E-state index is -4.12. The molecule has 4 aromatic rings. The minimum absolute atomic E-state index is 0.0405. The fraction of sp³-hybridized carbons (Fsp3) is 0.129. The first kappa shape index (κ1) is 29.0. The zero-order valence-electron chi connectivity index (χ0n) is 22.6. The topological polar surface area (TPSA) is 114 Å². The highest BCUT2D eigenvalue weighted by molar-refractivity contribution is 7.92. The molecule has 41 heavy (non-hydrogen) atoms. The number of ether oxygens (including phenoxy) is 2. The summed E-state index contributed by atoms with van der Waals surface area (Å²) in [5, 5.41) is 3.97. The van der Waals surface area contributed by atoms with Crippen LogP contribution in [0.15, 0.2) is 113 Å². The molecule has 0 aromatic heterocycles. The normalized spacial score (nSPS) is 11.2. The molecule has 4 aromatic carbocycles. The van der Waals surface area contributed by atoms with E-state index in [9.17, 15) is 18.0 Å². The average molecular weight is 572 g/mol. The molecule has 210 valence electrons. The lowest BCUT2D eigenvalue weighted by Crippen LogP contribution is -2.39. The number of carbonyl (C=O) groups is 2. The summed E-state index contributed by atoms with van der Waals surface area (Å²) in [4.78, 5) is 25.2. The van der Waals surface area contributed by atoms with E-state index in [4.69, 9.17) is 9.47 Å². The Balaban J connectivity index is 1.46. The van der Waals surface area contributed by atoms with Gasteiger partial charge in [0.25, 0.3) is 15.9 Å². The molecule has 1 amide bonds. The van der Waals surface area contributed by atoms with Crippen LogP contribution < -0.4 is 19.2 Å². The first-order valence-corrected chi connectivity index (χ1v) is 14.2. The van der Waals surface area contributed by atoms with Gasteiger partial charge in [-0.05, 0) is 80.1 Å². The van der Waals surface area contributed by atoms with Crippen molar-refractivity contribution in [2.45, 2.75) is 18.7 Å². The molecule has 0 unspecified atom stereocenters. The quantitative estimate of drug-likeness (QED) is 0.118. The monoisotopic (exact) mass is 571 g/mol. The van der Waals surface area contributed by atoms with Gasteiger partial charge in [0.15, 0.2) is 0 Å². The highest BCUT2D eigenvalue weighted by atomic mass is 32.2. The van der Waals surface area contributed by atoms with Crippen molar-refractivity contribution in [2.75, 3.05) is 17.5 Å². The maximum absolute atomic E-state index is 13.6. The Hall–Kier alpha value is -4.96. The van der Waals surface area contributed by atoms with Crippen molar-refractivity contribution in [1.29, 1.82) is 0 Å². The predicted octanol–water partition coefficient (Wildman–Crippen LogP) is 4.96. The van der Waals surface area contributed by atoms with Crippen molar-refractivity contribution < 1.29 is 27.5 Å². The number of nitrogens with one attached hydrogen (secondary N) is 1. The molecule has 0 aliphatic carbocycles. The number of hydrogen-bond donors (Lipinski definition) is 1. The van der Waals surface area contributed by atoms with Crippen LogP contribution in [0.4, 0.5) is 5.69 Å². The fourth-order valence-electron chi connectivity index (χ4n) is 3.78. The molecule has 0 saturated carbocycles. The number of aryl methyl sites for hydroxylation is 1. The number of sulfonamides is 1. The second-order valence-electron chi connectivity index (χ2n) is 8.84. The van der Waals surface area contributed by atoms with Crippen LogP contribution in [-0.2, 0) is 14.8 Å². The van der Waals surface area contributed by atoms with E-state index in [0.29, 0.717) is 29.2 Å². The molecule has 0 heterocycles. The third kappa shape index (κ3) is 7.58. The van der Waals surface area contributed by atoms with Crippen LogP contribution in [0.2, 0.25) is 0 Å². The Morgan fingerprint density at radius 1 is 0.878 bits per heavy atom. The van der Waals surface area contributed by atoms with Crippen molar-refractivity contribution >= 4 is 33.8 Å². The van der Waals surface area contributed by atoms with Crippen LogP contribution in [0.3, 0.4) is 0 Å². The molecule has 0 radical (unpaired) electrons. The lowest BCUT2D eigenvalue weighted by Gasteiger charge is -2.25. The van der Waals surface area contributed by atoms with Crippen molar-refractivity contribution in [1.82, 2.24) is 5.43 Å². The first-order chi connectivity index (χ1) is 19.8. The molecule has 4 rings (SSSR count). The third-order valence-corrected chi connectivity index (χ3v) is 7.61. The Labute approximate surface area is 239 Å². The second-order valence-corrected chi connectivity index (χ2v) is 10.7. The van der Waals surface area contributed by atoms with E-state index in [1.54, 1.807) is 91.9 Å². The van der Waals surface area contributed by atoms with Crippen molar-refractivity contribution in [3.05, 3.63) is 120 Å². The molecular formula is C31H29N3O6S. The Morgan fingerprint density at radius 3 is 2.22 bits per heavy atom. The number of anilines is 1. The largest absolute Gasteiger partial charge is 0.492 e. The second kappa shape index (κ2) is 13.4. The fourth-order valence-corrected chi connectivity index (χ4v) is 5.22. The molecule has 0 aliphatic heterocycles. The zero-order chi connectivity index (χ0) is 29.2. The number of nitrogens with zero attached hydrogens (tertiary/aromatic N) is 2. The van der Waals surface area contributed by atoms with Crippen LogP contribution in [0, 0.1) is 6.92 Å². The van der Waals surface area contributed by atoms with Gasteiger partial charge in [0.05, 0.1) is 29.0 Å². The summed E-state index contributed by atoms with van der Waals surface area (Å²) in [6, 6.07) is 28.2. The number of amides is 1. The van der Waals surface area contributed by atoms with Gasteiger partial charge < -0.3 is 9.47 Å². The molecule has 1 N–H and O–H groups in total. The summed E-state index contributed by atoms with van der Waals surface area (Å²) in [7, 11) is -4.12. The van der Waals surface area contributed by atoms with Gasteiger partial charge in [0, 0.05) is 0 Å². The summed E-state index contributed by atoms with van der Waals surface area (Å²) in [5.74, 6) is -0.452. The summed E-state index contributed by atoms with van der Waals surface area (Å²) in [6.45, 7) is 3.42. The van der Waals surface area contributed by atoms with Crippen molar-refractivity contribution in [3.63, 3.8) is 0 Å². The smallest absolute Gasteiger partial charge is 0.343 e. The van der Waals surface area contributed by atoms with E-state index in [2.05, 4.69) is 10.5 Å². The Morgan fingerprint density at radius 2 is 1.54 bits per heavy atom. The van der Waals surface area contributed by atoms with Gasteiger partial charge in [-0.15, -0.1) is 0 Å². The number of rotatable bonds is 11. The average Bonchev–Trinajstić information content (AvgIpc) is 2.98. The maximum atomic E-state index is 13.6. The van der Waals surface area contributed by atoms with E-state index in [1.807, 2.05) is 13.0 Å². The minimum Gasteiger partial charge on any atom is -0.492 e. The van der Waals surface area contributed by atoms with Crippen LogP contribution in [0.1, 0.15) is 28.4 Å². The van der Waals surface area contributed by atoms with Gasteiger partial charge in [-0.25, -0.2) is 18.6 Å². The molecule has 0 spiro atoms. The molecule has 0 atom stereocenters.